The van der Waals surface area contributed by atoms with Crippen molar-refractivity contribution in [1.82, 2.24) is 9.80 Å². The molecule has 0 aromatic carbocycles. The fourth-order valence-electron chi connectivity index (χ4n) is 3.23. The molecule has 0 amide bonds. The molecule has 0 atom stereocenters. The van der Waals surface area contributed by atoms with Crippen molar-refractivity contribution in [3.05, 3.63) is 0 Å². The zero-order chi connectivity index (χ0) is 13.5. The number of piperazine rings is 1. The Hall–Kier alpha value is -0.0800. The van der Waals surface area contributed by atoms with E-state index in [1.165, 1.54) is 51.9 Å². The van der Waals surface area contributed by atoms with E-state index in [9.17, 15) is 0 Å². The van der Waals surface area contributed by atoms with Gasteiger partial charge in [-0.05, 0) is 45.4 Å². The molecule has 1 saturated heterocycles. The molecule has 1 aliphatic carbocycles. The summed E-state index contributed by atoms with van der Waals surface area (Å²) >= 11 is 0. The van der Waals surface area contributed by atoms with E-state index >= 15 is 0 Å². The molecule has 2 nitrogen and oxygen atoms in total. The predicted octanol–water partition coefficient (Wildman–Crippen LogP) is 3.62. The molecule has 0 unspecified atom stereocenters. The second-order valence-electron chi connectivity index (χ2n) is 6.08. The minimum atomic E-state index is 0.730. The van der Waals surface area contributed by atoms with E-state index < -0.39 is 0 Å². The summed E-state index contributed by atoms with van der Waals surface area (Å²) in [6.45, 7) is 16.2. The van der Waals surface area contributed by atoms with Gasteiger partial charge in [0.1, 0.15) is 0 Å². The third kappa shape index (κ3) is 4.55. The Morgan fingerprint density at radius 1 is 0.833 bits per heavy atom. The molecule has 108 valence electrons. The highest BCUT2D eigenvalue weighted by molar-refractivity contribution is 4.83. The summed E-state index contributed by atoms with van der Waals surface area (Å²) in [7, 11) is 0. The summed E-state index contributed by atoms with van der Waals surface area (Å²) < 4.78 is 0. The van der Waals surface area contributed by atoms with Crippen LogP contribution in [0.25, 0.3) is 0 Å². The summed E-state index contributed by atoms with van der Waals surface area (Å²) in [6.07, 6.45) is 5.80. The highest BCUT2D eigenvalue weighted by Crippen LogP contribution is 2.27. The summed E-state index contributed by atoms with van der Waals surface area (Å²) in [5, 5.41) is 0. The molecule has 0 bridgehead atoms. The molecule has 2 heteroatoms. The zero-order valence-corrected chi connectivity index (χ0v) is 13.3. The lowest BCUT2D eigenvalue weighted by Gasteiger charge is -2.42. The van der Waals surface area contributed by atoms with Crippen molar-refractivity contribution in [3.8, 4) is 0 Å². The van der Waals surface area contributed by atoms with Gasteiger partial charge in [-0.3, -0.25) is 9.80 Å². The Kier molecular flexibility index (Phi) is 7.25. The van der Waals surface area contributed by atoms with Gasteiger partial charge < -0.3 is 0 Å². The van der Waals surface area contributed by atoms with Gasteiger partial charge in [-0.15, -0.1) is 0 Å². The zero-order valence-electron chi connectivity index (χ0n) is 13.3. The van der Waals surface area contributed by atoms with Crippen LogP contribution in [-0.2, 0) is 0 Å². The van der Waals surface area contributed by atoms with Crippen LogP contribution in [0.1, 0.15) is 60.3 Å². The van der Waals surface area contributed by atoms with Crippen LogP contribution < -0.4 is 0 Å². The molecule has 2 fully saturated rings. The highest BCUT2D eigenvalue weighted by atomic mass is 15.3. The molecule has 0 aromatic rings. The first-order valence-electron chi connectivity index (χ1n) is 8.15. The third-order valence-corrected chi connectivity index (χ3v) is 4.58. The van der Waals surface area contributed by atoms with Crippen molar-refractivity contribution in [2.45, 2.75) is 72.4 Å². The van der Waals surface area contributed by atoms with Crippen molar-refractivity contribution in [2.75, 3.05) is 26.2 Å². The van der Waals surface area contributed by atoms with Crippen LogP contribution in [0, 0.1) is 5.92 Å². The summed E-state index contributed by atoms with van der Waals surface area (Å²) in [5.41, 5.74) is 0. The maximum Gasteiger partial charge on any atom is 0.0113 e. The lowest BCUT2D eigenvalue weighted by Crippen LogP contribution is -2.52. The second kappa shape index (κ2) is 8.16. The van der Waals surface area contributed by atoms with Gasteiger partial charge in [-0.1, -0.05) is 20.8 Å². The number of nitrogens with zero attached hydrogens (tertiary/aromatic N) is 2. The van der Waals surface area contributed by atoms with E-state index in [4.69, 9.17) is 0 Å². The smallest absolute Gasteiger partial charge is 0.0113 e. The molecule has 0 N–H and O–H groups in total. The van der Waals surface area contributed by atoms with Crippen molar-refractivity contribution in [3.63, 3.8) is 0 Å². The molecule has 0 radical (unpaired) electrons. The molecule has 0 spiro atoms. The van der Waals surface area contributed by atoms with Crippen LogP contribution in [-0.4, -0.2) is 48.1 Å². The second-order valence-corrected chi connectivity index (χ2v) is 6.08. The van der Waals surface area contributed by atoms with Gasteiger partial charge in [-0.25, -0.2) is 0 Å². The van der Waals surface area contributed by atoms with Crippen molar-refractivity contribution < 1.29 is 0 Å². The minimum absolute atomic E-state index is 0.730. The fourth-order valence-corrected chi connectivity index (χ4v) is 3.23. The molecule has 1 saturated carbocycles. The maximum absolute atomic E-state index is 2.75. The van der Waals surface area contributed by atoms with Crippen LogP contribution in [0.3, 0.4) is 0 Å². The molecule has 0 aromatic heterocycles. The first kappa shape index (κ1) is 16.0. The minimum Gasteiger partial charge on any atom is -0.298 e. The van der Waals surface area contributed by atoms with Crippen LogP contribution >= 0.6 is 0 Å². The van der Waals surface area contributed by atoms with Crippen LogP contribution in [0.15, 0.2) is 0 Å². The first-order chi connectivity index (χ1) is 8.66. The number of hydrogen-bond donors (Lipinski definition) is 0. The molecule has 2 rings (SSSR count). The Morgan fingerprint density at radius 3 is 1.78 bits per heavy atom. The fraction of sp³-hybridized carbons (Fsp3) is 1.00. The average Bonchev–Trinajstić information content (AvgIpc) is 2.42. The van der Waals surface area contributed by atoms with E-state index in [0.29, 0.717) is 0 Å². The van der Waals surface area contributed by atoms with Crippen molar-refractivity contribution >= 4 is 0 Å². The standard InChI is InChI=1S/C14H28N2.C2H6/c1-12(2)15-8-10-16(11-9-15)14-6-4-13(3)5-7-14;1-2/h12-14H,4-11H2,1-3H3;1-2H3. The highest BCUT2D eigenvalue weighted by Gasteiger charge is 2.27. The average molecular weight is 254 g/mol. The molecule has 1 aliphatic heterocycles. The van der Waals surface area contributed by atoms with Crippen molar-refractivity contribution in [1.29, 1.82) is 0 Å². The quantitative estimate of drug-likeness (QED) is 0.742. The SMILES string of the molecule is CC.CC1CCC(N2CCN(C(C)C)CC2)CC1. The third-order valence-electron chi connectivity index (χ3n) is 4.58. The van der Waals surface area contributed by atoms with Gasteiger partial charge in [0.2, 0.25) is 0 Å². The number of rotatable bonds is 2. The summed E-state index contributed by atoms with van der Waals surface area (Å²) in [6, 6.07) is 1.64. The maximum atomic E-state index is 2.75. The van der Waals surface area contributed by atoms with Gasteiger partial charge in [0.05, 0.1) is 0 Å². The van der Waals surface area contributed by atoms with Gasteiger partial charge >= 0.3 is 0 Å². The monoisotopic (exact) mass is 254 g/mol. The van der Waals surface area contributed by atoms with Gasteiger partial charge in [0.15, 0.2) is 0 Å². The van der Waals surface area contributed by atoms with Crippen LogP contribution in [0.5, 0.6) is 0 Å². The Bertz CT molecular complexity index is 199. The topological polar surface area (TPSA) is 6.48 Å². The molecular formula is C16H34N2. The largest absolute Gasteiger partial charge is 0.298 e. The molecular weight excluding hydrogens is 220 g/mol. The normalized spacial score (nSPS) is 31.0. The van der Waals surface area contributed by atoms with Gasteiger partial charge in [0, 0.05) is 38.3 Å². The van der Waals surface area contributed by atoms with E-state index in [1.807, 2.05) is 13.8 Å². The Balaban J connectivity index is 0.000000771. The molecule has 1 heterocycles. The van der Waals surface area contributed by atoms with Crippen molar-refractivity contribution in [2.24, 2.45) is 5.92 Å². The van der Waals surface area contributed by atoms with E-state index in [-0.39, 0.29) is 0 Å². The van der Waals surface area contributed by atoms with Crippen LogP contribution in [0.4, 0.5) is 0 Å². The van der Waals surface area contributed by atoms with Gasteiger partial charge in [0.25, 0.3) is 0 Å². The predicted molar refractivity (Wildman–Crippen MR) is 81.1 cm³/mol. The molecule has 18 heavy (non-hydrogen) atoms. The first-order valence-corrected chi connectivity index (χ1v) is 8.15. The van der Waals surface area contributed by atoms with E-state index in [2.05, 4.69) is 30.6 Å². The Labute approximate surface area is 115 Å². The molecule has 2 aliphatic rings. The lowest BCUT2D eigenvalue weighted by atomic mass is 9.86. The number of hydrogen-bond acceptors (Lipinski definition) is 2. The lowest BCUT2D eigenvalue weighted by molar-refractivity contribution is 0.0588. The Morgan fingerprint density at radius 2 is 1.33 bits per heavy atom. The van der Waals surface area contributed by atoms with Crippen LogP contribution in [0.2, 0.25) is 0 Å². The van der Waals surface area contributed by atoms with Gasteiger partial charge in [-0.2, -0.15) is 0 Å². The summed E-state index contributed by atoms with van der Waals surface area (Å²) in [4.78, 5) is 5.37. The van der Waals surface area contributed by atoms with E-state index in [1.54, 1.807) is 0 Å². The van der Waals surface area contributed by atoms with E-state index in [0.717, 1.165) is 18.0 Å². The summed E-state index contributed by atoms with van der Waals surface area (Å²) in [5.74, 6) is 0.980.